The Labute approximate surface area is 117 Å². The van der Waals surface area contributed by atoms with Crippen LogP contribution in [0.4, 0.5) is 14.5 Å². The van der Waals surface area contributed by atoms with Crippen molar-refractivity contribution >= 4 is 27.5 Å². The van der Waals surface area contributed by atoms with Crippen LogP contribution in [0.3, 0.4) is 0 Å². The topological polar surface area (TPSA) is 29.1 Å². The number of carbonyl (C=O) groups is 1. The minimum atomic E-state index is -0.531. The lowest BCUT2D eigenvalue weighted by molar-refractivity contribution is 0.102. The quantitative estimate of drug-likeness (QED) is 0.876. The minimum Gasteiger partial charge on any atom is -0.319 e. The molecular weight excluding hydrogens is 316 g/mol. The van der Waals surface area contributed by atoms with Crippen LogP contribution in [-0.2, 0) is 0 Å². The second kappa shape index (κ2) is 5.48. The number of nitrogens with one attached hydrogen (secondary N) is 1. The van der Waals surface area contributed by atoms with Crippen LogP contribution in [0.2, 0.25) is 0 Å². The van der Waals surface area contributed by atoms with Gasteiger partial charge in [0, 0.05) is 10.0 Å². The van der Waals surface area contributed by atoms with Gasteiger partial charge in [-0.05, 0) is 48.9 Å². The van der Waals surface area contributed by atoms with Crippen molar-refractivity contribution in [2.24, 2.45) is 0 Å². The molecule has 0 fully saturated rings. The molecule has 0 bridgehead atoms. The van der Waals surface area contributed by atoms with Crippen molar-refractivity contribution in [2.75, 3.05) is 5.32 Å². The van der Waals surface area contributed by atoms with Crippen LogP contribution >= 0.6 is 15.9 Å². The molecule has 1 N–H and O–H groups in total. The third-order valence-corrected chi connectivity index (χ3v) is 3.10. The van der Waals surface area contributed by atoms with Crippen molar-refractivity contribution in [1.29, 1.82) is 0 Å². The van der Waals surface area contributed by atoms with Gasteiger partial charge in [0.15, 0.2) is 0 Å². The van der Waals surface area contributed by atoms with Gasteiger partial charge in [-0.25, -0.2) is 8.78 Å². The molecule has 0 aliphatic rings. The highest BCUT2D eigenvalue weighted by molar-refractivity contribution is 9.10. The predicted molar refractivity (Wildman–Crippen MR) is 73.2 cm³/mol. The number of rotatable bonds is 2. The van der Waals surface area contributed by atoms with Gasteiger partial charge in [-0.2, -0.15) is 0 Å². The molecule has 0 aliphatic heterocycles. The zero-order valence-electron chi connectivity index (χ0n) is 10.0. The average Bonchev–Trinajstić information content (AvgIpc) is 2.33. The fraction of sp³-hybridized carbons (Fsp3) is 0.0714. The van der Waals surface area contributed by atoms with Gasteiger partial charge in [-0.3, -0.25) is 4.79 Å². The van der Waals surface area contributed by atoms with Crippen molar-refractivity contribution < 1.29 is 13.6 Å². The highest BCUT2D eigenvalue weighted by Gasteiger charge is 2.12. The number of aryl methyl sites for hydroxylation is 1. The summed E-state index contributed by atoms with van der Waals surface area (Å²) in [4.78, 5) is 12.0. The SMILES string of the molecule is Cc1cc(F)ccc1C(=O)Nc1cc(Br)ccc1F. The third kappa shape index (κ3) is 3.17. The Morgan fingerprint density at radius 3 is 2.58 bits per heavy atom. The Kier molecular flexibility index (Phi) is 3.95. The lowest BCUT2D eigenvalue weighted by atomic mass is 10.1. The highest BCUT2D eigenvalue weighted by atomic mass is 79.9. The van der Waals surface area contributed by atoms with Crippen molar-refractivity contribution in [3.8, 4) is 0 Å². The van der Waals surface area contributed by atoms with E-state index in [0.717, 1.165) is 0 Å². The summed E-state index contributed by atoms with van der Waals surface area (Å²) in [5.41, 5.74) is 0.872. The van der Waals surface area contributed by atoms with Gasteiger partial charge in [0.05, 0.1) is 5.69 Å². The van der Waals surface area contributed by atoms with E-state index in [1.807, 2.05) is 0 Å². The van der Waals surface area contributed by atoms with E-state index in [1.165, 1.54) is 36.4 Å². The first-order valence-corrected chi connectivity index (χ1v) is 6.29. The molecule has 5 heteroatoms. The summed E-state index contributed by atoms with van der Waals surface area (Å²) in [6.07, 6.45) is 0. The number of anilines is 1. The van der Waals surface area contributed by atoms with E-state index < -0.39 is 17.5 Å². The van der Waals surface area contributed by atoms with Crippen molar-refractivity contribution in [3.63, 3.8) is 0 Å². The molecule has 2 rings (SSSR count). The third-order valence-electron chi connectivity index (χ3n) is 2.61. The maximum absolute atomic E-state index is 13.5. The molecular formula is C14H10BrF2NO. The summed E-state index contributed by atoms with van der Waals surface area (Å²) >= 11 is 3.20. The van der Waals surface area contributed by atoms with Crippen LogP contribution in [0.15, 0.2) is 40.9 Å². The van der Waals surface area contributed by atoms with Gasteiger partial charge in [-0.1, -0.05) is 15.9 Å². The molecule has 1 amide bonds. The number of amides is 1. The minimum absolute atomic E-state index is 0.0723. The Bertz CT molecular complexity index is 643. The van der Waals surface area contributed by atoms with E-state index in [1.54, 1.807) is 6.92 Å². The molecule has 0 aromatic heterocycles. The lowest BCUT2D eigenvalue weighted by Gasteiger charge is -2.09. The van der Waals surface area contributed by atoms with Crippen molar-refractivity contribution in [2.45, 2.75) is 6.92 Å². The molecule has 0 unspecified atom stereocenters. The monoisotopic (exact) mass is 325 g/mol. The second-order valence-electron chi connectivity index (χ2n) is 4.04. The van der Waals surface area contributed by atoms with E-state index in [2.05, 4.69) is 21.2 Å². The Morgan fingerprint density at radius 2 is 1.89 bits per heavy atom. The number of halogens is 3. The molecule has 2 aromatic rings. The summed E-state index contributed by atoms with van der Waals surface area (Å²) in [6.45, 7) is 1.62. The van der Waals surface area contributed by atoms with E-state index in [-0.39, 0.29) is 5.69 Å². The summed E-state index contributed by atoms with van der Waals surface area (Å²) in [5.74, 6) is -1.42. The summed E-state index contributed by atoms with van der Waals surface area (Å²) in [7, 11) is 0. The molecule has 0 heterocycles. The molecule has 2 nitrogen and oxygen atoms in total. The molecule has 0 spiro atoms. The van der Waals surface area contributed by atoms with Gasteiger partial charge in [0.2, 0.25) is 0 Å². The van der Waals surface area contributed by atoms with Gasteiger partial charge in [-0.15, -0.1) is 0 Å². The normalized spacial score (nSPS) is 10.3. The number of carbonyl (C=O) groups excluding carboxylic acids is 1. The van der Waals surface area contributed by atoms with Crippen LogP contribution in [-0.4, -0.2) is 5.91 Å². The molecule has 0 aliphatic carbocycles. The summed E-state index contributed by atoms with van der Waals surface area (Å²) in [5, 5.41) is 2.46. The molecule has 0 saturated heterocycles. The predicted octanol–water partition coefficient (Wildman–Crippen LogP) is 4.29. The van der Waals surface area contributed by atoms with E-state index >= 15 is 0 Å². The zero-order valence-corrected chi connectivity index (χ0v) is 11.6. The fourth-order valence-electron chi connectivity index (χ4n) is 1.66. The van der Waals surface area contributed by atoms with Crippen molar-refractivity contribution in [1.82, 2.24) is 0 Å². The van der Waals surface area contributed by atoms with Crippen LogP contribution < -0.4 is 5.32 Å². The molecule has 0 saturated carbocycles. The van der Waals surface area contributed by atoms with Gasteiger partial charge in [0.25, 0.3) is 5.91 Å². The number of benzene rings is 2. The summed E-state index contributed by atoms with van der Waals surface area (Å²) in [6, 6.07) is 8.07. The van der Waals surface area contributed by atoms with Gasteiger partial charge in [0.1, 0.15) is 11.6 Å². The maximum Gasteiger partial charge on any atom is 0.256 e. The largest absolute Gasteiger partial charge is 0.319 e. The fourth-order valence-corrected chi connectivity index (χ4v) is 2.03. The maximum atomic E-state index is 13.5. The molecule has 2 aromatic carbocycles. The molecule has 98 valence electrons. The smallest absolute Gasteiger partial charge is 0.256 e. The Balaban J connectivity index is 2.28. The second-order valence-corrected chi connectivity index (χ2v) is 4.95. The first kappa shape index (κ1) is 13.7. The highest BCUT2D eigenvalue weighted by Crippen LogP contribution is 2.21. The van der Waals surface area contributed by atoms with Crippen LogP contribution in [0.5, 0.6) is 0 Å². The first-order chi connectivity index (χ1) is 8.97. The lowest BCUT2D eigenvalue weighted by Crippen LogP contribution is -2.14. The summed E-state index contributed by atoms with van der Waals surface area (Å²) < 4.78 is 27.1. The Hall–Kier alpha value is -1.75. The molecule has 0 atom stereocenters. The molecule has 0 radical (unpaired) electrons. The van der Waals surface area contributed by atoms with Crippen molar-refractivity contribution in [3.05, 3.63) is 63.6 Å². The van der Waals surface area contributed by atoms with E-state index in [4.69, 9.17) is 0 Å². The standard InChI is InChI=1S/C14H10BrF2NO/c1-8-6-10(16)3-4-11(8)14(19)18-13-7-9(15)2-5-12(13)17/h2-7H,1H3,(H,18,19). The van der Waals surface area contributed by atoms with Gasteiger partial charge < -0.3 is 5.32 Å². The average molecular weight is 326 g/mol. The number of hydrogen-bond donors (Lipinski definition) is 1. The van der Waals surface area contributed by atoms with Crippen LogP contribution in [0.1, 0.15) is 15.9 Å². The number of hydrogen-bond acceptors (Lipinski definition) is 1. The molecule has 19 heavy (non-hydrogen) atoms. The van der Waals surface area contributed by atoms with Crippen LogP contribution in [0.25, 0.3) is 0 Å². The van der Waals surface area contributed by atoms with E-state index in [0.29, 0.717) is 15.6 Å². The van der Waals surface area contributed by atoms with E-state index in [9.17, 15) is 13.6 Å². The van der Waals surface area contributed by atoms with Gasteiger partial charge >= 0.3 is 0 Å². The van der Waals surface area contributed by atoms with Crippen LogP contribution in [0, 0.1) is 18.6 Å². The Morgan fingerprint density at radius 1 is 1.16 bits per heavy atom. The first-order valence-electron chi connectivity index (χ1n) is 5.50. The zero-order chi connectivity index (χ0) is 14.0.